The Morgan fingerprint density at radius 1 is 1.20 bits per heavy atom. The Balaban J connectivity index is 3.32. The molecule has 0 aliphatic carbocycles. The Morgan fingerprint density at radius 2 is 1.73 bits per heavy atom. The van der Waals surface area contributed by atoms with Gasteiger partial charge in [0.2, 0.25) is 0 Å². The van der Waals surface area contributed by atoms with Crippen LogP contribution in [0.4, 0.5) is 4.39 Å². The SMILES string of the molecule is CC(C)(C)C(C)(O)c1cc(Br)ccc1F. The highest BCUT2D eigenvalue weighted by molar-refractivity contribution is 9.10. The van der Waals surface area contributed by atoms with Crippen LogP contribution in [0.2, 0.25) is 0 Å². The monoisotopic (exact) mass is 274 g/mol. The summed E-state index contributed by atoms with van der Waals surface area (Å²) < 4.78 is 14.4. The lowest BCUT2D eigenvalue weighted by Gasteiger charge is -2.37. The van der Waals surface area contributed by atoms with Gasteiger partial charge in [0, 0.05) is 10.0 Å². The first kappa shape index (κ1) is 12.7. The fourth-order valence-electron chi connectivity index (χ4n) is 1.27. The van der Waals surface area contributed by atoms with Crippen molar-refractivity contribution in [1.29, 1.82) is 0 Å². The van der Waals surface area contributed by atoms with E-state index in [-0.39, 0.29) is 5.82 Å². The Hall–Kier alpha value is -0.410. The van der Waals surface area contributed by atoms with E-state index in [0.29, 0.717) is 5.56 Å². The molecule has 1 aromatic carbocycles. The number of aliphatic hydroxyl groups is 1. The van der Waals surface area contributed by atoms with Gasteiger partial charge in [0.05, 0.1) is 5.60 Å². The standard InChI is InChI=1S/C12H16BrFO/c1-11(2,3)12(4,15)9-7-8(13)5-6-10(9)14/h5-7,15H,1-4H3. The molecule has 0 aliphatic heterocycles. The maximum absolute atomic E-state index is 13.6. The van der Waals surface area contributed by atoms with Crippen LogP contribution in [0.5, 0.6) is 0 Å². The molecule has 1 rings (SSSR count). The van der Waals surface area contributed by atoms with Gasteiger partial charge < -0.3 is 5.11 Å². The average molecular weight is 275 g/mol. The van der Waals surface area contributed by atoms with Gasteiger partial charge in [-0.05, 0) is 30.5 Å². The van der Waals surface area contributed by atoms with Gasteiger partial charge in [0.15, 0.2) is 0 Å². The van der Waals surface area contributed by atoms with Crippen molar-refractivity contribution in [3.05, 3.63) is 34.1 Å². The smallest absolute Gasteiger partial charge is 0.129 e. The topological polar surface area (TPSA) is 20.2 Å². The van der Waals surface area contributed by atoms with Crippen molar-refractivity contribution in [2.75, 3.05) is 0 Å². The lowest BCUT2D eigenvalue weighted by molar-refractivity contribution is -0.0497. The number of benzene rings is 1. The van der Waals surface area contributed by atoms with Gasteiger partial charge in [-0.2, -0.15) is 0 Å². The van der Waals surface area contributed by atoms with Crippen molar-refractivity contribution in [2.45, 2.75) is 33.3 Å². The zero-order valence-electron chi connectivity index (χ0n) is 9.44. The largest absolute Gasteiger partial charge is 0.385 e. The summed E-state index contributed by atoms with van der Waals surface area (Å²) in [4.78, 5) is 0. The minimum atomic E-state index is -1.19. The van der Waals surface area contributed by atoms with E-state index in [9.17, 15) is 9.50 Å². The highest BCUT2D eigenvalue weighted by Gasteiger charge is 2.38. The quantitative estimate of drug-likeness (QED) is 0.825. The molecule has 0 spiro atoms. The second kappa shape index (κ2) is 3.87. The molecule has 1 nitrogen and oxygen atoms in total. The van der Waals surface area contributed by atoms with Crippen molar-refractivity contribution in [1.82, 2.24) is 0 Å². The van der Waals surface area contributed by atoms with Gasteiger partial charge in [-0.1, -0.05) is 36.7 Å². The summed E-state index contributed by atoms with van der Waals surface area (Å²) >= 11 is 3.28. The molecule has 84 valence electrons. The fourth-order valence-corrected chi connectivity index (χ4v) is 1.64. The molecular formula is C12H16BrFO. The van der Waals surface area contributed by atoms with Gasteiger partial charge in [0.1, 0.15) is 5.82 Å². The third kappa shape index (κ3) is 2.40. The van der Waals surface area contributed by atoms with Crippen LogP contribution in [0.25, 0.3) is 0 Å². The highest BCUT2D eigenvalue weighted by Crippen LogP contribution is 2.40. The molecule has 0 heterocycles. The summed E-state index contributed by atoms with van der Waals surface area (Å²) in [6, 6.07) is 4.61. The summed E-state index contributed by atoms with van der Waals surface area (Å²) in [6.45, 7) is 7.28. The number of hydrogen-bond donors (Lipinski definition) is 1. The Morgan fingerprint density at radius 3 is 2.20 bits per heavy atom. The molecular weight excluding hydrogens is 259 g/mol. The van der Waals surface area contributed by atoms with Gasteiger partial charge in [-0.25, -0.2) is 4.39 Å². The zero-order chi connectivity index (χ0) is 11.9. The molecule has 1 atom stereocenters. The van der Waals surface area contributed by atoms with E-state index in [1.54, 1.807) is 19.1 Å². The maximum atomic E-state index is 13.6. The minimum absolute atomic E-state index is 0.323. The predicted molar refractivity (Wildman–Crippen MR) is 63.1 cm³/mol. The molecule has 1 aromatic rings. The Bertz CT molecular complexity index is 366. The molecule has 0 aromatic heterocycles. The first-order chi connectivity index (χ1) is 6.66. The lowest BCUT2D eigenvalue weighted by Crippen LogP contribution is -2.37. The number of halogens is 2. The summed E-state index contributed by atoms with van der Waals surface area (Å²) in [5.41, 5.74) is -1.29. The fraction of sp³-hybridized carbons (Fsp3) is 0.500. The molecule has 3 heteroatoms. The van der Waals surface area contributed by atoms with Gasteiger partial charge in [0.25, 0.3) is 0 Å². The van der Waals surface area contributed by atoms with Crippen LogP contribution in [0.1, 0.15) is 33.3 Å². The van der Waals surface area contributed by atoms with Gasteiger partial charge in [-0.15, -0.1) is 0 Å². The second-order valence-corrected chi connectivity index (χ2v) is 5.86. The predicted octanol–water partition coefficient (Wildman–Crippen LogP) is 3.84. The van der Waals surface area contributed by atoms with Crippen LogP contribution in [0.3, 0.4) is 0 Å². The second-order valence-electron chi connectivity index (χ2n) is 4.95. The van der Waals surface area contributed by atoms with Crippen molar-refractivity contribution < 1.29 is 9.50 Å². The summed E-state index contributed by atoms with van der Waals surface area (Å²) in [6.07, 6.45) is 0. The normalized spacial score (nSPS) is 16.2. The molecule has 15 heavy (non-hydrogen) atoms. The first-order valence-electron chi connectivity index (χ1n) is 4.84. The Labute approximate surface area is 98.4 Å². The molecule has 0 saturated heterocycles. The van der Waals surface area contributed by atoms with Crippen molar-refractivity contribution in [3.63, 3.8) is 0 Å². The average Bonchev–Trinajstić information content (AvgIpc) is 2.07. The van der Waals surface area contributed by atoms with Crippen LogP contribution in [-0.2, 0) is 5.60 Å². The van der Waals surface area contributed by atoms with E-state index < -0.39 is 11.0 Å². The summed E-state index contributed by atoms with van der Waals surface area (Å²) in [7, 11) is 0. The van der Waals surface area contributed by atoms with Crippen molar-refractivity contribution in [2.24, 2.45) is 5.41 Å². The summed E-state index contributed by atoms with van der Waals surface area (Å²) in [5.74, 6) is -0.377. The van der Waals surface area contributed by atoms with Gasteiger partial charge in [-0.3, -0.25) is 0 Å². The highest BCUT2D eigenvalue weighted by atomic mass is 79.9. The van der Waals surface area contributed by atoms with E-state index in [1.807, 2.05) is 20.8 Å². The third-order valence-corrected chi connectivity index (χ3v) is 3.41. The van der Waals surface area contributed by atoms with E-state index in [4.69, 9.17) is 0 Å². The molecule has 0 aliphatic rings. The zero-order valence-corrected chi connectivity index (χ0v) is 11.0. The first-order valence-corrected chi connectivity index (χ1v) is 5.63. The summed E-state index contributed by atoms with van der Waals surface area (Å²) in [5, 5.41) is 10.4. The van der Waals surface area contributed by atoms with Gasteiger partial charge >= 0.3 is 0 Å². The van der Waals surface area contributed by atoms with Crippen LogP contribution < -0.4 is 0 Å². The van der Waals surface area contributed by atoms with E-state index in [1.165, 1.54) is 6.07 Å². The van der Waals surface area contributed by atoms with E-state index in [2.05, 4.69) is 15.9 Å². The van der Waals surface area contributed by atoms with Crippen molar-refractivity contribution in [3.8, 4) is 0 Å². The maximum Gasteiger partial charge on any atom is 0.129 e. The molecule has 0 bridgehead atoms. The molecule has 1 unspecified atom stereocenters. The number of rotatable bonds is 1. The Kier molecular flexibility index (Phi) is 3.27. The van der Waals surface area contributed by atoms with E-state index in [0.717, 1.165) is 4.47 Å². The number of hydrogen-bond acceptors (Lipinski definition) is 1. The molecule has 0 amide bonds. The van der Waals surface area contributed by atoms with Crippen LogP contribution in [0, 0.1) is 11.2 Å². The molecule has 1 N–H and O–H groups in total. The van der Waals surface area contributed by atoms with E-state index >= 15 is 0 Å². The van der Waals surface area contributed by atoms with Crippen molar-refractivity contribution >= 4 is 15.9 Å². The minimum Gasteiger partial charge on any atom is -0.385 e. The molecule has 0 saturated carbocycles. The molecule has 0 radical (unpaired) electrons. The lowest BCUT2D eigenvalue weighted by atomic mass is 9.73. The third-order valence-electron chi connectivity index (χ3n) is 2.91. The van der Waals surface area contributed by atoms with Crippen LogP contribution >= 0.6 is 15.9 Å². The molecule has 0 fully saturated rings. The van der Waals surface area contributed by atoms with Crippen LogP contribution in [0.15, 0.2) is 22.7 Å². The van der Waals surface area contributed by atoms with Crippen LogP contribution in [-0.4, -0.2) is 5.11 Å².